The number of amides is 1. The van der Waals surface area contributed by atoms with Gasteiger partial charge in [0.25, 0.3) is 0 Å². The molecule has 1 N–H and O–H groups in total. The van der Waals surface area contributed by atoms with Crippen molar-refractivity contribution in [1.29, 1.82) is 0 Å². The molecule has 0 fully saturated rings. The van der Waals surface area contributed by atoms with Gasteiger partial charge in [0.2, 0.25) is 5.91 Å². The molecule has 0 aliphatic carbocycles. The van der Waals surface area contributed by atoms with E-state index in [9.17, 15) is 9.59 Å². The van der Waals surface area contributed by atoms with Crippen LogP contribution in [0, 0.1) is 0 Å². The van der Waals surface area contributed by atoms with E-state index < -0.39 is 0 Å². The van der Waals surface area contributed by atoms with E-state index in [2.05, 4.69) is 19.2 Å². The normalized spacial score (nSPS) is 10.4. The molecule has 0 unspecified atom stereocenters. The maximum Gasteiger partial charge on any atom is 0.338 e. The second kappa shape index (κ2) is 12.6. The Hall–Kier alpha value is -1.84. The number of carbonyl (C=O) groups excluding carboxylic acids is 2. The summed E-state index contributed by atoms with van der Waals surface area (Å²) in [5.41, 5.74) is 1.23. The van der Waals surface area contributed by atoms with Crippen LogP contribution in [-0.2, 0) is 9.53 Å². The van der Waals surface area contributed by atoms with Crippen molar-refractivity contribution in [3.05, 3.63) is 29.8 Å². The average Bonchev–Trinajstić information content (AvgIpc) is 2.59. The summed E-state index contributed by atoms with van der Waals surface area (Å²) >= 11 is 0. The number of anilines is 1. The fourth-order valence-electron chi connectivity index (χ4n) is 2.37. The molecule has 0 bridgehead atoms. The Morgan fingerprint density at radius 2 is 1.50 bits per heavy atom. The zero-order valence-electron chi connectivity index (χ0n) is 15.1. The number of nitrogens with one attached hydrogen (secondary N) is 1. The minimum atomic E-state index is -0.312. The maximum absolute atomic E-state index is 11.9. The van der Waals surface area contributed by atoms with E-state index in [0.717, 1.165) is 31.4 Å². The average molecular weight is 333 g/mol. The molecule has 1 amide bonds. The van der Waals surface area contributed by atoms with E-state index in [1.807, 2.05) is 0 Å². The van der Waals surface area contributed by atoms with Gasteiger partial charge < -0.3 is 10.1 Å². The molecule has 0 aromatic heterocycles. The van der Waals surface area contributed by atoms with Crippen molar-refractivity contribution in [2.45, 2.75) is 71.6 Å². The van der Waals surface area contributed by atoms with E-state index in [0.29, 0.717) is 18.6 Å². The van der Waals surface area contributed by atoms with E-state index in [1.54, 1.807) is 24.3 Å². The van der Waals surface area contributed by atoms with Crippen molar-refractivity contribution in [3.8, 4) is 0 Å². The monoisotopic (exact) mass is 333 g/mol. The standard InChI is InChI=1S/C20H31NO3/c1-3-5-7-8-9-10-11-19(22)21-18-14-12-17(13-15-18)20(23)24-16-6-4-2/h12-15H,3-11,16H2,1-2H3,(H,21,22). The molecule has 0 saturated carbocycles. The van der Waals surface area contributed by atoms with Gasteiger partial charge in [0.1, 0.15) is 0 Å². The van der Waals surface area contributed by atoms with Crippen molar-refractivity contribution in [2.75, 3.05) is 11.9 Å². The molecule has 1 aromatic carbocycles. The van der Waals surface area contributed by atoms with Gasteiger partial charge in [-0.25, -0.2) is 4.79 Å². The summed E-state index contributed by atoms with van der Waals surface area (Å²) in [6.45, 7) is 4.70. The number of rotatable bonds is 12. The smallest absolute Gasteiger partial charge is 0.338 e. The Morgan fingerprint density at radius 1 is 0.875 bits per heavy atom. The quantitative estimate of drug-likeness (QED) is 0.415. The molecular weight excluding hydrogens is 302 g/mol. The van der Waals surface area contributed by atoms with Crippen LogP contribution in [0.4, 0.5) is 5.69 Å². The lowest BCUT2D eigenvalue weighted by Crippen LogP contribution is -2.11. The zero-order chi connectivity index (χ0) is 17.6. The Bertz CT molecular complexity index is 482. The number of ether oxygens (including phenoxy) is 1. The second-order valence-electron chi connectivity index (χ2n) is 6.13. The lowest BCUT2D eigenvalue weighted by atomic mass is 10.1. The lowest BCUT2D eigenvalue weighted by Gasteiger charge is -2.07. The lowest BCUT2D eigenvalue weighted by molar-refractivity contribution is -0.116. The highest BCUT2D eigenvalue weighted by Gasteiger charge is 2.07. The summed E-state index contributed by atoms with van der Waals surface area (Å²) in [4.78, 5) is 23.7. The number of unbranched alkanes of at least 4 members (excludes halogenated alkanes) is 6. The van der Waals surface area contributed by atoms with Gasteiger partial charge in [0.05, 0.1) is 12.2 Å². The minimum absolute atomic E-state index is 0.0313. The van der Waals surface area contributed by atoms with Crippen LogP contribution in [0.1, 0.15) is 82.0 Å². The largest absolute Gasteiger partial charge is 0.462 e. The predicted molar refractivity (Wildman–Crippen MR) is 98.3 cm³/mol. The van der Waals surface area contributed by atoms with Crippen LogP contribution >= 0.6 is 0 Å². The summed E-state index contributed by atoms with van der Waals surface area (Å²) in [6, 6.07) is 6.87. The minimum Gasteiger partial charge on any atom is -0.462 e. The first-order chi connectivity index (χ1) is 11.7. The highest BCUT2D eigenvalue weighted by Crippen LogP contribution is 2.12. The van der Waals surface area contributed by atoms with E-state index >= 15 is 0 Å². The number of carbonyl (C=O) groups is 2. The summed E-state index contributed by atoms with van der Waals surface area (Å²) < 4.78 is 5.16. The molecule has 0 spiro atoms. The number of hydrogen-bond acceptors (Lipinski definition) is 3. The molecule has 0 aliphatic heterocycles. The van der Waals surface area contributed by atoms with Crippen LogP contribution in [0.25, 0.3) is 0 Å². The Balaban J connectivity index is 2.28. The van der Waals surface area contributed by atoms with E-state index in [4.69, 9.17) is 4.74 Å². The zero-order valence-corrected chi connectivity index (χ0v) is 15.1. The Morgan fingerprint density at radius 3 is 2.17 bits per heavy atom. The van der Waals surface area contributed by atoms with Crippen molar-refractivity contribution >= 4 is 17.6 Å². The van der Waals surface area contributed by atoms with E-state index in [1.165, 1.54) is 25.7 Å². The molecule has 0 aliphatic rings. The van der Waals surface area contributed by atoms with Crippen LogP contribution in [0.15, 0.2) is 24.3 Å². The molecule has 1 aromatic rings. The maximum atomic E-state index is 11.9. The van der Waals surface area contributed by atoms with Crippen LogP contribution in [0.5, 0.6) is 0 Å². The first-order valence-electron chi connectivity index (χ1n) is 9.24. The summed E-state index contributed by atoms with van der Waals surface area (Å²) in [5, 5.41) is 2.87. The fraction of sp³-hybridized carbons (Fsp3) is 0.600. The first-order valence-corrected chi connectivity index (χ1v) is 9.24. The number of esters is 1. The van der Waals surface area contributed by atoms with Gasteiger partial charge in [-0.1, -0.05) is 52.4 Å². The summed E-state index contributed by atoms with van der Waals surface area (Å²) in [5.74, 6) is -0.280. The predicted octanol–water partition coefficient (Wildman–Crippen LogP) is 5.33. The third kappa shape index (κ3) is 8.70. The van der Waals surface area contributed by atoms with Gasteiger partial charge in [0.15, 0.2) is 0 Å². The van der Waals surface area contributed by atoms with Gasteiger partial charge in [-0.2, -0.15) is 0 Å². The van der Waals surface area contributed by atoms with Gasteiger partial charge in [-0.05, 0) is 37.1 Å². The van der Waals surface area contributed by atoms with Crippen molar-refractivity contribution in [3.63, 3.8) is 0 Å². The van der Waals surface area contributed by atoms with Crippen molar-refractivity contribution in [1.82, 2.24) is 0 Å². The molecular formula is C20H31NO3. The van der Waals surface area contributed by atoms with Crippen molar-refractivity contribution in [2.24, 2.45) is 0 Å². The van der Waals surface area contributed by atoms with Gasteiger partial charge in [-0.15, -0.1) is 0 Å². The third-order valence-corrected chi connectivity index (χ3v) is 3.89. The third-order valence-electron chi connectivity index (χ3n) is 3.89. The Kier molecular flexibility index (Phi) is 10.6. The molecule has 134 valence electrons. The highest BCUT2D eigenvalue weighted by atomic mass is 16.5. The van der Waals surface area contributed by atoms with Crippen LogP contribution in [0.3, 0.4) is 0 Å². The number of benzene rings is 1. The van der Waals surface area contributed by atoms with Crippen LogP contribution in [0.2, 0.25) is 0 Å². The van der Waals surface area contributed by atoms with Gasteiger partial charge >= 0.3 is 5.97 Å². The molecule has 1 rings (SSSR count). The highest BCUT2D eigenvalue weighted by molar-refractivity contribution is 5.93. The van der Waals surface area contributed by atoms with Crippen LogP contribution in [-0.4, -0.2) is 18.5 Å². The molecule has 24 heavy (non-hydrogen) atoms. The molecule has 4 nitrogen and oxygen atoms in total. The summed E-state index contributed by atoms with van der Waals surface area (Å²) in [6.07, 6.45) is 9.43. The molecule has 0 atom stereocenters. The SMILES string of the molecule is CCCCCCCCC(=O)Nc1ccc(C(=O)OCCCC)cc1. The number of hydrogen-bond donors (Lipinski definition) is 1. The fourth-order valence-corrected chi connectivity index (χ4v) is 2.37. The van der Waals surface area contributed by atoms with Gasteiger partial charge in [0, 0.05) is 12.1 Å². The topological polar surface area (TPSA) is 55.4 Å². The first kappa shape index (κ1) is 20.2. The molecule has 0 saturated heterocycles. The second-order valence-corrected chi connectivity index (χ2v) is 6.13. The molecule has 0 radical (unpaired) electrons. The molecule has 4 heteroatoms. The van der Waals surface area contributed by atoms with Crippen LogP contribution < -0.4 is 5.32 Å². The van der Waals surface area contributed by atoms with Crippen molar-refractivity contribution < 1.29 is 14.3 Å². The summed E-state index contributed by atoms with van der Waals surface area (Å²) in [7, 11) is 0. The van der Waals surface area contributed by atoms with Gasteiger partial charge in [-0.3, -0.25) is 4.79 Å². The Labute approximate surface area is 146 Å². The van der Waals surface area contributed by atoms with E-state index in [-0.39, 0.29) is 11.9 Å². The molecule has 0 heterocycles.